The van der Waals surface area contributed by atoms with E-state index in [9.17, 15) is 0 Å². The number of methoxy groups -OCH3 is 3. The predicted molar refractivity (Wildman–Crippen MR) is 97.3 cm³/mol. The second-order valence-electron chi connectivity index (χ2n) is 5.21. The maximum Gasteiger partial charge on any atom is 0.203 e. The van der Waals surface area contributed by atoms with E-state index in [1.165, 1.54) is 0 Å². The zero-order valence-electron chi connectivity index (χ0n) is 14.7. The summed E-state index contributed by atoms with van der Waals surface area (Å²) in [5.41, 5.74) is 2.06. The molecule has 0 aromatic heterocycles. The van der Waals surface area contributed by atoms with Crippen LogP contribution in [-0.2, 0) is 0 Å². The molecule has 0 saturated carbocycles. The topological polar surface area (TPSA) is 36.9 Å². The van der Waals surface area contributed by atoms with E-state index in [-0.39, 0.29) is 0 Å². The van der Waals surface area contributed by atoms with Gasteiger partial charge in [-0.1, -0.05) is 31.2 Å². The standard InChI is InChI=1S/C20H24O4/c1-5-12-24-17-10-8-15(9-11-17)6-7-16-13-18(21-2)20(23-4)19(14-16)22-3/h6-11,13-14H,5,12H2,1-4H3. The van der Waals surface area contributed by atoms with Gasteiger partial charge in [-0.15, -0.1) is 0 Å². The first-order chi connectivity index (χ1) is 11.7. The average molecular weight is 328 g/mol. The molecule has 0 heterocycles. The highest BCUT2D eigenvalue weighted by Crippen LogP contribution is 2.38. The maximum absolute atomic E-state index is 5.59. The number of hydrogen-bond donors (Lipinski definition) is 0. The Hall–Kier alpha value is -2.62. The molecule has 4 heteroatoms. The van der Waals surface area contributed by atoms with E-state index >= 15 is 0 Å². The Bertz CT molecular complexity index is 650. The third kappa shape index (κ3) is 4.44. The SMILES string of the molecule is CCCOc1ccc(C=Cc2cc(OC)c(OC)c(OC)c2)cc1. The van der Waals surface area contributed by atoms with Gasteiger partial charge in [-0.2, -0.15) is 0 Å². The van der Waals surface area contributed by atoms with Crippen LogP contribution in [0.25, 0.3) is 12.2 Å². The lowest BCUT2D eigenvalue weighted by molar-refractivity contribution is 0.317. The van der Waals surface area contributed by atoms with E-state index in [0.29, 0.717) is 17.2 Å². The maximum atomic E-state index is 5.59. The highest BCUT2D eigenvalue weighted by Gasteiger charge is 2.11. The van der Waals surface area contributed by atoms with E-state index in [4.69, 9.17) is 18.9 Å². The lowest BCUT2D eigenvalue weighted by Crippen LogP contribution is -1.95. The van der Waals surface area contributed by atoms with Crippen molar-refractivity contribution >= 4 is 12.2 Å². The molecule has 0 spiro atoms. The van der Waals surface area contributed by atoms with Crippen LogP contribution in [-0.4, -0.2) is 27.9 Å². The van der Waals surface area contributed by atoms with Gasteiger partial charge in [0.15, 0.2) is 11.5 Å². The minimum absolute atomic E-state index is 0.592. The fraction of sp³-hybridized carbons (Fsp3) is 0.300. The van der Waals surface area contributed by atoms with Crippen molar-refractivity contribution in [2.24, 2.45) is 0 Å². The Kier molecular flexibility index (Phi) is 6.55. The summed E-state index contributed by atoms with van der Waals surface area (Å²) in [5.74, 6) is 2.76. The zero-order chi connectivity index (χ0) is 17.4. The molecule has 4 nitrogen and oxygen atoms in total. The van der Waals surface area contributed by atoms with E-state index in [1.807, 2.05) is 48.6 Å². The molecule has 0 radical (unpaired) electrons. The molecule has 0 saturated heterocycles. The number of benzene rings is 2. The van der Waals surface area contributed by atoms with Crippen LogP contribution in [0.15, 0.2) is 36.4 Å². The van der Waals surface area contributed by atoms with Gasteiger partial charge in [-0.25, -0.2) is 0 Å². The van der Waals surface area contributed by atoms with Gasteiger partial charge < -0.3 is 18.9 Å². The fourth-order valence-electron chi connectivity index (χ4n) is 2.29. The minimum atomic E-state index is 0.592. The summed E-state index contributed by atoms with van der Waals surface area (Å²) in [4.78, 5) is 0. The smallest absolute Gasteiger partial charge is 0.203 e. The monoisotopic (exact) mass is 328 g/mol. The van der Waals surface area contributed by atoms with Crippen molar-refractivity contribution in [3.05, 3.63) is 47.5 Å². The Morgan fingerprint density at radius 2 is 1.38 bits per heavy atom. The van der Waals surface area contributed by atoms with Crippen molar-refractivity contribution in [2.75, 3.05) is 27.9 Å². The second kappa shape index (κ2) is 8.87. The van der Waals surface area contributed by atoms with Crippen molar-refractivity contribution < 1.29 is 18.9 Å². The number of hydrogen-bond acceptors (Lipinski definition) is 4. The summed E-state index contributed by atoms with van der Waals surface area (Å²) in [5, 5.41) is 0. The molecule has 0 aliphatic rings. The third-order valence-electron chi connectivity index (χ3n) is 3.51. The molecule has 2 aromatic carbocycles. The average Bonchev–Trinajstić information content (AvgIpc) is 2.64. The van der Waals surface area contributed by atoms with E-state index < -0.39 is 0 Å². The Morgan fingerprint density at radius 1 is 0.792 bits per heavy atom. The largest absolute Gasteiger partial charge is 0.494 e. The Morgan fingerprint density at radius 3 is 1.88 bits per heavy atom. The minimum Gasteiger partial charge on any atom is -0.494 e. The van der Waals surface area contributed by atoms with E-state index in [1.54, 1.807) is 21.3 Å². The van der Waals surface area contributed by atoms with Gasteiger partial charge in [-0.05, 0) is 41.8 Å². The summed E-state index contributed by atoms with van der Waals surface area (Å²) in [7, 11) is 4.82. The highest BCUT2D eigenvalue weighted by atomic mass is 16.5. The lowest BCUT2D eigenvalue weighted by Gasteiger charge is -2.12. The van der Waals surface area contributed by atoms with Gasteiger partial charge in [0.25, 0.3) is 0 Å². The molecular formula is C20H24O4. The molecule has 0 bridgehead atoms. The molecule has 0 amide bonds. The normalized spacial score (nSPS) is 10.7. The molecule has 0 fully saturated rings. The summed E-state index contributed by atoms with van der Waals surface area (Å²) in [6, 6.07) is 11.8. The first-order valence-corrected chi connectivity index (χ1v) is 7.92. The van der Waals surface area contributed by atoms with Crippen molar-refractivity contribution in [1.29, 1.82) is 0 Å². The Balaban J connectivity index is 2.19. The third-order valence-corrected chi connectivity index (χ3v) is 3.51. The quantitative estimate of drug-likeness (QED) is 0.660. The van der Waals surface area contributed by atoms with Crippen LogP contribution in [0, 0.1) is 0 Å². The van der Waals surface area contributed by atoms with Gasteiger partial charge >= 0.3 is 0 Å². The van der Waals surface area contributed by atoms with Crippen molar-refractivity contribution in [3.8, 4) is 23.0 Å². The highest BCUT2D eigenvalue weighted by molar-refractivity contribution is 5.72. The molecule has 0 N–H and O–H groups in total. The van der Waals surface area contributed by atoms with E-state index in [0.717, 1.165) is 29.9 Å². The summed E-state index contributed by atoms with van der Waals surface area (Å²) >= 11 is 0. The molecule has 0 atom stereocenters. The van der Waals surface area contributed by atoms with Gasteiger partial charge in [0.2, 0.25) is 5.75 Å². The van der Waals surface area contributed by atoms with Crippen molar-refractivity contribution in [1.82, 2.24) is 0 Å². The van der Waals surface area contributed by atoms with Gasteiger partial charge in [0, 0.05) is 0 Å². The van der Waals surface area contributed by atoms with Crippen LogP contribution in [0.4, 0.5) is 0 Å². The fourth-order valence-corrected chi connectivity index (χ4v) is 2.29. The summed E-state index contributed by atoms with van der Waals surface area (Å²) in [6.45, 7) is 2.83. The molecule has 0 unspecified atom stereocenters. The number of ether oxygens (including phenoxy) is 4. The predicted octanol–water partition coefficient (Wildman–Crippen LogP) is 4.67. The van der Waals surface area contributed by atoms with Gasteiger partial charge in [-0.3, -0.25) is 0 Å². The summed E-state index contributed by atoms with van der Waals surface area (Å²) in [6.07, 6.45) is 5.04. The molecule has 0 aliphatic carbocycles. The second-order valence-corrected chi connectivity index (χ2v) is 5.21. The number of rotatable bonds is 8. The van der Waals surface area contributed by atoms with Crippen LogP contribution in [0.5, 0.6) is 23.0 Å². The molecule has 2 aromatic rings. The summed E-state index contributed by atoms with van der Waals surface area (Å²) < 4.78 is 21.7. The van der Waals surface area contributed by atoms with E-state index in [2.05, 4.69) is 6.92 Å². The van der Waals surface area contributed by atoms with Crippen LogP contribution in [0.2, 0.25) is 0 Å². The molecule has 24 heavy (non-hydrogen) atoms. The van der Waals surface area contributed by atoms with Gasteiger partial charge in [0.05, 0.1) is 27.9 Å². The molecule has 0 aliphatic heterocycles. The zero-order valence-corrected chi connectivity index (χ0v) is 14.7. The van der Waals surface area contributed by atoms with Crippen LogP contribution in [0.3, 0.4) is 0 Å². The Labute approximate surface area is 143 Å². The first kappa shape index (κ1) is 17.7. The van der Waals surface area contributed by atoms with Crippen LogP contribution >= 0.6 is 0 Å². The van der Waals surface area contributed by atoms with Crippen LogP contribution in [0.1, 0.15) is 24.5 Å². The lowest BCUT2D eigenvalue weighted by atomic mass is 10.1. The molecule has 2 rings (SSSR count). The van der Waals surface area contributed by atoms with Crippen LogP contribution < -0.4 is 18.9 Å². The molecule has 128 valence electrons. The molecular weight excluding hydrogens is 304 g/mol. The van der Waals surface area contributed by atoms with Crippen molar-refractivity contribution in [3.63, 3.8) is 0 Å². The van der Waals surface area contributed by atoms with Gasteiger partial charge in [0.1, 0.15) is 5.75 Å². The first-order valence-electron chi connectivity index (χ1n) is 7.92. The van der Waals surface area contributed by atoms with Crippen molar-refractivity contribution in [2.45, 2.75) is 13.3 Å².